The van der Waals surface area contributed by atoms with Crippen molar-refractivity contribution in [3.8, 4) is 0 Å². The number of hydrogen-bond acceptors (Lipinski definition) is 3. The van der Waals surface area contributed by atoms with E-state index in [1.807, 2.05) is 0 Å². The minimum atomic E-state index is 0.582. The second kappa shape index (κ2) is 7.79. The summed E-state index contributed by atoms with van der Waals surface area (Å²) in [6.45, 7) is 7.72. The summed E-state index contributed by atoms with van der Waals surface area (Å²) in [5.74, 6) is 1.14. The maximum absolute atomic E-state index is 4.88. The van der Waals surface area contributed by atoms with Crippen molar-refractivity contribution in [3.63, 3.8) is 0 Å². The molecule has 1 aliphatic rings. The zero-order chi connectivity index (χ0) is 15.2. The summed E-state index contributed by atoms with van der Waals surface area (Å²) in [7, 11) is 2.19. The number of aromatic nitrogens is 1. The van der Waals surface area contributed by atoms with Crippen molar-refractivity contribution in [1.82, 2.24) is 10.3 Å². The van der Waals surface area contributed by atoms with Crippen LogP contribution in [0.15, 0.2) is 12.1 Å². The second-order valence-electron chi connectivity index (χ2n) is 6.31. The van der Waals surface area contributed by atoms with Crippen molar-refractivity contribution in [2.45, 2.75) is 77.9 Å². The highest BCUT2D eigenvalue weighted by molar-refractivity contribution is 5.43. The molecule has 1 aliphatic carbocycles. The number of aryl methyl sites for hydroxylation is 1. The van der Waals surface area contributed by atoms with Crippen molar-refractivity contribution in [1.29, 1.82) is 0 Å². The van der Waals surface area contributed by atoms with Gasteiger partial charge in [-0.2, -0.15) is 0 Å². The molecule has 0 spiro atoms. The minimum absolute atomic E-state index is 0.582. The lowest BCUT2D eigenvalue weighted by molar-refractivity contribution is 0.585. The molecule has 1 N–H and O–H groups in total. The average Bonchev–Trinajstić information content (AvgIpc) is 3.30. The first-order valence-corrected chi connectivity index (χ1v) is 8.63. The molecule has 0 bridgehead atoms. The van der Waals surface area contributed by atoms with Crippen molar-refractivity contribution in [2.75, 3.05) is 11.9 Å². The van der Waals surface area contributed by atoms with Gasteiger partial charge in [0.25, 0.3) is 0 Å². The summed E-state index contributed by atoms with van der Waals surface area (Å²) in [5.41, 5.74) is 2.62. The zero-order valence-corrected chi connectivity index (χ0v) is 14.2. The van der Waals surface area contributed by atoms with Crippen molar-refractivity contribution in [3.05, 3.63) is 23.4 Å². The van der Waals surface area contributed by atoms with E-state index in [0.29, 0.717) is 6.04 Å². The van der Waals surface area contributed by atoms with Crippen LogP contribution in [0.5, 0.6) is 0 Å². The van der Waals surface area contributed by atoms with Gasteiger partial charge in [-0.25, -0.2) is 4.98 Å². The van der Waals surface area contributed by atoms with Crippen molar-refractivity contribution in [2.24, 2.45) is 0 Å². The van der Waals surface area contributed by atoms with E-state index < -0.39 is 0 Å². The Labute approximate surface area is 130 Å². The van der Waals surface area contributed by atoms with Crippen molar-refractivity contribution >= 4 is 5.82 Å². The van der Waals surface area contributed by atoms with Crippen molar-refractivity contribution < 1.29 is 0 Å². The van der Waals surface area contributed by atoms with Gasteiger partial charge in [-0.15, -0.1) is 0 Å². The monoisotopic (exact) mass is 289 g/mol. The number of rotatable bonds is 9. The van der Waals surface area contributed by atoms with Gasteiger partial charge in [-0.05, 0) is 49.8 Å². The van der Waals surface area contributed by atoms with Gasteiger partial charge in [0.2, 0.25) is 0 Å². The Morgan fingerprint density at radius 1 is 1.24 bits per heavy atom. The number of hydrogen-bond donors (Lipinski definition) is 1. The molecule has 3 heteroatoms. The van der Waals surface area contributed by atoms with Crippen LogP contribution >= 0.6 is 0 Å². The van der Waals surface area contributed by atoms with Crippen LogP contribution in [0.3, 0.4) is 0 Å². The fourth-order valence-electron chi connectivity index (χ4n) is 2.87. The summed E-state index contributed by atoms with van der Waals surface area (Å²) < 4.78 is 0. The largest absolute Gasteiger partial charge is 0.357 e. The Balaban J connectivity index is 2.16. The molecule has 0 aliphatic heterocycles. The van der Waals surface area contributed by atoms with Crippen LogP contribution in [0.2, 0.25) is 0 Å². The molecule has 3 nitrogen and oxygen atoms in total. The Morgan fingerprint density at radius 2 is 1.95 bits per heavy atom. The lowest BCUT2D eigenvalue weighted by Gasteiger charge is -2.28. The molecule has 1 heterocycles. The molecule has 21 heavy (non-hydrogen) atoms. The molecule has 0 atom stereocenters. The molecule has 0 unspecified atom stereocenters. The first kappa shape index (κ1) is 16.3. The SMILES string of the molecule is CCCc1cc(CNC2CC2)cc(N(C)C(CC)CC)n1. The maximum atomic E-state index is 4.88. The smallest absolute Gasteiger partial charge is 0.129 e. The van der Waals surface area contributed by atoms with Gasteiger partial charge in [0.05, 0.1) is 0 Å². The molecule has 1 aromatic rings. The highest BCUT2D eigenvalue weighted by Crippen LogP contribution is 2.22. The minimum Gasteiger partial charge on any atom is -0.357 e. The van der Waals surface area contributed by atoms with E-state index in [0.717, 1.165) is 31.2 Å². The number of nitrogens with zero attached hydrogens (tertiary/aromatic N) is 2. The highest BCUT2D eigenvalue weighted by atomic mass is 15.2. The van der Waals surface area contributed by atoms with E-state index in [1.54, 1.807) is 0 Å². The van der Waals surface area contributed by atoms with Crippen LogP contribution in [0.4, 0.5) is 5.82 Å². The van der Waals surface area contributed by atoms with Crippen LogP contribution in [0.25, 0.3) is 0 Å². The Bertz CT molecular complexity index is 436. The summed E-state index contributed by atoms with van der Waals surface area (Å²) in [4.78, 5) is 7.24. The normalized spacial score (nSPS) is 14.7. The predicted molar refractivity (Wildman–Crippen MR) is 90.9 cm³/mol. The van der Waals surface area contributed by atoms with E-state index in [1.165, 1.54) is 36.9 Å². The molecule has 2 rings (SSSR count). The second-order valence-corrected chi connectivity index (χ2v) is 6.31. The third kappa shape index (κ3) is 4.70. The molecular formula is C18H31N3. The van der Waals surface area contributed by atoms with Crippen LogP contribution < -0.4 is 10.2 Å². The van der Waals surface area contributed by atoms with E-state index in [9.17, 15) is 0 Å². The highest BCUT2D eigenvalue weighted by Gasteiger charge is 2.20. The fourth-order valence-corrected chi connectivity index (χ4v) is 2.87. The van der Waals surface area contributed by atoms with E-state index in [4.69, 9.17) is 4.98 Å². The molecular weight excluding hydrogens is 258 g/mol. The van der Waals surface area contributed by atoms with Crippen LogP contribution in [0.1, 0.15) is 64.1 Å². The van der Waals surface area contributed by atoms with Gasteiger partial charge >= 0.3 is 0 Å². The molecule has 1 aromatic heterocycles. The van der Waals surface area contributed by atoms with E-state index in [-0.39, 0.29) is 0 Å². The molecule has 0 saturated heterocycles. The van der Waals surface area contributed by atoms with Crippen LogP contribution in [0, 0.1) is 0 Å². The molecule has 1 fully saturated rings. The molecule has 118 valence electrons. The van der Waals surface area contributed by atoms with Gasteiger partial charge in [-0.3, -0.25) is 0 Å². The summed E-state index contributed by atoms with van der Waals surface area (Å²) >= 11 is 0. The molecule has 0 amide bonds. The number of pyridine rings is 1. The van der Waals surface area contributed by atoms with Crippen LogP contribution in [-0.4, -0.2) is 24.1 Å². The van der Waals surface area contributed by atoms with Gasteiger partial charge in [-0.1, -0.05) is 27.2 Å². The zero-order valence-electron chi connectivity index (χ0n) is 14.2. The van der Waals surface area contributed by atoms with Gasteiger partial charge in [0, 0.05) is 31.4 Å². The standard InChI is InChI=1S/C18H31N3/c1-5-8-16-11-14(13-19-15-9-10-15)12-18(20-16)21(4)17(6-2)7-3/h11-12,15,17,19H,5-10,13H2,1-4H3. The third-order valence-corrected chi connectivity index (χ3v) is 4.45. The number of anilines is 1. The van der Waals surface area contributed by atoms with Gasteiger partial charge < -0.3 is 10.2 Å². The summed E-state index contributed by atoms with van der Waals surface area (Å²) in [5, 5.41) is 3.62. The summed E-state index contributed by atoms with van der Waals surface area (Å²) in [6, 6.07) is 5.89. The topological polar surface area (TPSA) is 28.2 Å². The first-order valence-electron chi connectivity index (χ1n) is 8.63. The quantitative estimate of drug-likeness (QED) is 0.747. The van der Waals surface area contributed by atoms with Gasteiger partial charge in [0.15, 0.2) is 0 Å². The molecule has 1 saturated carbocycles. The van der Waals surface area contributed by atoms with E-state index >= 15 is 0 Å². The Kier molecular flexibility index (Phi) is 6.04. The lowest BCUT2D eigenvalue weighted by atomic mass is 10.1. The Morgan fingerprint density at radius 3 is 2.52 bits per heavy atom. The summed E-state index contributed by atoms with van der Waals surface area (Å²) in [6.07, 6.45) is 7.24. The molecule has 0 radical (unpaired) electrons. The maximum Gasteiger partial charge on any atom is 0.129 e. The predicted octanol–water partition coefficient (Wildman–Crippen LogP) is 3.91. The first-order chi connectivity index (χ1) is 10.2. The lowest BCUT2D eigenvalue weighted by Crippen LogP contribution is -2.31. The van der Waals surface area contributed by atoms with E-state index in [2.05, 4.69) is 50.2 Å². The van der Waals surface area contributed by atoms with Crippen LogP contribution in [-0.2, 0) is 13.0 Å². The average molecular weight is 289 g/mol. The fraction of sp³-hybridized carbons (Fsp3) is 0.722. The number of nitrogens with one attached hydrogen (secondary N) is 1. The molecule has 0 aromatic carbocycles. The van der Waals surface area contributed by atoms with Gasteiger partial charge in [0.1, 0.15) is 5.82 Å². The Hall–Kier alpha value is -1.09. The third-order valence-electron chi connectivity index (χ3n) is 4.45.